The van der Waals surface area contributed by atoms with Gasteiger partial charge in [-0.05, 0) is 61.3 Å². The number of nitrogens with one attached hydrogen (secondary N) is 1. The lowest BCUT2D eigenvalue weighted by Crippen LogP contribution is -2.23. The molecule has 1 saturated heterocycles. The van der Waals surface area contributed by atoms with Crippen molar-refractivity contribution in [2.24, 2.45) is 0 Å². The maximum absolute atomic E-state index is 13.0. The SMILES string of the molecule is O=C(CCc1nc(-c2ccc(F)cc2)no1)NCc1ccc(CN2CCCC2)cc1. The molecule has 30 heavy (non-hydrogen) atoms. The first kappa shape index (κ1) is 20.2. The predicted octanol–water partition coefficient (Wildman–Crippen LogP) is 3.72. The minimum atomic E-state index is -0.319. The zero-order valence-corrected chi connectivity index (χ0v) is 16.8. The number of amides is 1. The topological polar surface area (TPSA) is 71.3 Å². The predicted molar refractivity (Wildman–Crippen MR) is 111 cm³/mol. The minimum absolute atomic E-state index is 0.0716. The van der Waals surface area contributed by atoms with Gasteiger partial charge in [-0.15, -0.1) is 0 Å². The van der Waals surface area contributed by atoms with E-state index in [0.717, 1.165) is 12.1 Å². The Bertz CT molecular complexity index is 964. The van der Waals surface area contributed by atoms with Crippen LogP contribution in [0.5, 0.6) is 0 Å². The minimum Gasteiger partial charge on any atom is -0.352 e. The summed E-state index contributed by atoms with van der Waals surface area (Å²) < 4.78 is 18.2. The van der Waals surface area contributed by atoms with Gasteiger partial charge in [0.15, 0.2) is 0 Å². The van der Waals surface area contributed by atoms with E-state index in [9.17, 15) is 9.18 Å². The Morgan fingerprint density at radius 2 is 1.73 bits per heavy atom. The van der Waals surface area contributed by atoms with Crippen molar-refractivity contribution in [3.63, 3.8) is 0 Å². The highest BCUT2D eigenvalue weighted by Gasteiger charge is 2.12. The molecule has 3 aromatic rings. The van der Waals surface area contributed by atoms with Crippen molar-refractivity contribution in [2.45, 2.75) is 38.8 Å². The molecule has 1 aromatic heterocycles. The van der Waals surface area contributed by atoms with Gasteiger partial charge in [-0.1, -0.05) is 29.4 Å². The molecule has 0 spiro atoms. The van der Waals surface area contributed by atoms with Crippen LogP contribution >= 0.6 is 0 Å². The summed E-state index contributed by atoms with van der Waals surface area (Å²) in [5.41, 5.74) is 3.05. The van der Waals surface area contributed by atoms with E-state index in [2.05, 4.69) is 44.6 Å². The lowest BCUT2D eigenvalue weighted by molar-refractivity contribution is -0.121. The molecular weight excluding hydrogens is 383 g/mol. The number of hydrogen-bond acceptors (Lipinski definition) is 5. The van der Waals surface area contributed by atoms with Crippen LogP contribution in [0.2, 0.25) is 0 Å². The second kappa shape index (κ2) is 9.63. The van der Waals surface area contributed by atoms with Crippen LogP contribution in [0.25, 0.3) is 11.4 Å². The third kappa shape index (κ3) is 5.51. The molecule has 2 heterocycles. The zero-order valence-electron chi connectivity index (χ0n) is 16.8. The van der Waals surface area contributed by atoms with Crippen LogP contribution in [0.1, 0.15) is 36.3 Å². The van der Waals surface area contributed by atoms with Crippen LogP contribution in [-0.4, -0.2) is 34.0 Å². The number of rotatable bonds is 8. The van der Waals surface area contributed by atoms with Gasteiger partial charge in [0.25, 0.3) is 0 Å². The van der Waals surface area contributed by atoms with E-state index in [-0.39, 0.29) is 18.1 Å². The standard InChI is InChI=1S/C23H25FN4O2/c24-20-9-7-19(8-10-20)23-26-22(30-27-23)12-11-21(29)25-15-17-3-5-18(6-4-17)16-28-13-1-2-14-28/h3-10H,1-2,11-16H2,(H,25,29). The highest BCUT2D eigenvalue weighted by Crippen LogP contribution is 2.17. The van der Waals surface area contributed by atoms with Crippen molar-refractivity contribution in [3.8, 4) is 11.4 Å². The summed E-state index contributed by atoms with van der Waals surface area (Å²) in [7, 11) is 0. The van der Waals surface area contributed by atoms with E-state index in [1.165, 1.54) is 43.6 Å². The van der Waals surface area contributed by atoms with Gasteiger partial charge in [0.2, 0.25) is 17.6 Å². The average Bonchev–Trinajstić information content (AvgIpc) is 3.44. The number of aromatic nitrogens is 2. The third-order valence-electron chi connectivity index (χ3n) is 5.25. The molecule has 0 aliphatic carbocycles. The molecule has 0 atom stereocenters. The van der Waals surface area contributed by atoms with Crippen molar-refractivity contribution in [1.29, 1.82) is 0 Å². The first-order valence-corrected chi connectivity index (χ1v) is 10.3. The summed E-state index contributed by atoms with van der Waals surface area (Å²) in [4.78, 5) is 18.9. The molecule has 1 fully saturated rings. The lowest BCUT2D eigenvalue weighted by atomic mass is 10.1. The van der Waals surface area contributed by atoms with E-state index < -0.39 is 0 Å². The summed E-state index contributed by atoms with van der Waals surface area (Å²) in [6.07, 6.45) is 3.20. The molecule has 0 unspecified atom stereocenters. The molecule has 1 aliphatic rings. The van der Waals surface area contributed by atoms with Crippen LogP contribution < -0.4 is 5.32 Å². The van der Waals surface area contributed by atoms with Crippen LogP contribution in [-0.2, 0) is 24.3 Å². The Balaban J connectivity index is 1.21. The van der Waals surface area contributed by atoms with Gasteiger partial charge in [0.05, 0.1) is 0 Å². The zero-order chi connectivity index (χ0) is 20.8. The Morgan fingerprint density at radius 3 is 2.47 bits per heavy atom. The molecule has 7 heteroatoms. The molecule has 6 nitrogen and oxygen atoms in total. The normalized spacial score (nSPS) is 14.2. The van der Waals surface area contributed by atoms with E-state index >= 15 is 0 Å². The number of likely N-dealkylation sites (tertiary alicyclic amines) is 1. The fraction of sp³-hybridized carbons (Fsp3) is 0.348. The van der Waals surface area contributed by atoms with Crippen LogP contribution in [0.4, 0.5) is 4.39 Å². The molecule has 0 saturated carbocycles. The van der Waals surface area contributed by atoms with E-state index in [1.807, 2.05) is 0 Å². The summed E-state index contributed by atoms with van der Waals surface area (Å²) in [5, 5.41) is 6.81. The number of aryl methyl sites for hydroxylation is 1. The molecule has 1 N–H and O–H groups in total. The van der Waals surface area contributed by atoms with Crippen molar-refractivity contribution in [3.05, 3.63) is 71.4 Å². The average molecular weight is 408 g/mol. The Labute approximate surface area is 175 Å². The second-order valence-electron chi connectivity index (χ2n) is 7.60. The molecule has 1 amide bonds. The van der Waals surface area contributed by atoms with E-state index in [1.54, 1.807) is 12.1 Å². The van der Waals surface area contributed by atoms with Gasteiger partial charge in [0.1, 0.15) is 5.82 Å². The number of carbonyl (C=O) groups excluding carboxylic acids is 1. The Hall–Kier alpha value is -3.06. The fourth-order valence-corrected chi connectivity index (χ4v) is 3.54. The molecule has 4 rings (SSSR count). The first-order valence-electron chi connectivity index (χ1n) is 10.3. The molecular formula is C23H25FN4O2. The fourth-order valence-electron chi connectivity index (χ4n) is 3.54. The third-order valence-corrected chi connectivity index (χ3v) is 5.25. The van der Waals surface area contributed by atoms with Crippen LogP contribution in [0, 0.1) is 5.82 Å². The van der Waals surface area contributed by atoms with Crippen LogP contribution in [0.3, 0.4) is 0 Å². The highest BCUT2D eigenvalue weighted by molar-refractivity contribution is 5.76. The van der Waals surface area contributed by atoms with Gasteiger partial charge in [-0.3, -0.25) is 9.69 Å². The van der Waals surface area contributed by atoms with Gasteiger partial charge < -0.3 is 9.84 Å². The van der Waals surface area contributed by atoms with Gasteiger partial charge in [0, 0.05) is 31.5 Å². The van der Waals surface area contributed by atoms with E-state index in [0.29, 0.717) is 30.2 Å². The number of nitrogens with zero attached hydrogens (tertiary/aromatic N) is 3. The first-order chi connectivity index (χ1) is 14.7. The van der Waals surface area contributed by atoms with Crippen molar-refractivity contribution in [2.75, 3.05) is 13.1 Å². The smallest absolute Gasteiger partial charge is 0.227 e. The summed E-state index contributed by atoms with van der Waals surface area (Å²) in [6, 6.07) is 14.3. The van der Waals surface area contributed by atoms with Crippen molar-refractivity contribution < 1.29 is 13.7 Å². The lowest BCUT2D eigenvalue weighted by Gasteiger charge is -2.14. The highest BCUT2D eigenvalue weighted by atomic mass is 19.1. The van der Waals surface area contributed by atoms with Gasteiger partial charge in [-0.25, -0.2) is 4.39 Å². The summed E-state index contributed by atoms with van der Waals surface area (Å²) in [6.45, 7) is 3.86. The quantitative estimate of drug-likeness (QED) is 0.615. The number of carbonyl (C=O) groups is 1. The molecule has 0 bridgehead atoms. The molecule has 0 radical (unpaired) electrons. The van der Waals surface area contributed by atoms with Gasteiger partial charge >= 0.3 is 0 Å². The maximum atomic E-state index is 13.0. The molecule has 1 aliphatic heterocycles. The van der Waals surface area contributed by atoms with E-state index in [4.69, 9.17) is 4.52 Å². The summed E-state index contributed by atoms with van der Waals surface area (Å²) in [5.74, 6) is 0.383. The Kier molecular flexibility index (Phi) is 6.49. The number of halogens is 1. The molecule has 156 valence electrons. The maximum Gasteiger partial charge on any atom is 0.227 e. The van der Waals surface area contributed by atoms with Crippen molar-refractivity contribution >= 4 is 5.91 Å². The molecule has 2 aromatic carbocycles. The van der Waals surface area contributed by atoms with Crippen molar-refractivity contribution in [1.82, 2.24) is 20.4 Å². The largest absolute Gasteiger partial charge is 0.352 e. The summed E-state index contributed by atoms with van der Waals surface area (Å²) >= 11 is 0. The monoisotopic (exact) mass is 408 g/mol. The van der Waals surface area contributed by atoms with Gasteiger partial charge in [-0.2, -0.15) is 4.98 Å². The number of hydrogen-bond donors (Lipinski definition) is 1. The second-order valence-corrected chi connectivity index (χ2v) is 7.60. The van der Waals surface area contributed by atoms with Crippen LogP contribution in [0.15, 0.2) is 53.1 Å². The number of benzene rings is 2. The Morgan fingerprint density at radius 1 is 1.03 bits per heavy atom.